The Morgan fingerprint density at radius 3 is 2.84 bits per heavy atom. The lowest BCUT2D eigenvalue weighted by Crippen LogP contribution is -2.34. The van der Waals surface area contributed by atoms with E-state index in [9.17, 15) is 9.18 Å². The molecule has 6 heteroatoms. The number of imidazole rings is 1. The molecule has 0 spiro atoms. The van der Waals surface area contributed by atoms with Crippen LogP contribution in [0.2, 0.25) is 0 Å². The minimum Gasteiger partial charge on any atom is -0.349 e. The van der Waals surface area contributed by atoms with Crippen LogP contribution in [0.3, 0.4) is 0 Å². The lowest BCUT2D eigenvalue weighted by Gasteiger charge is -2.25. The predicted octanol–water partition coefficient (Wildman–Crippen LogP) is 2.81. The molecular weight excluding hydrogens is 319 g/mol. The molecule has 3 rings (SSSR count). The number of nitrogens with zero attached hydrogens (tertiary/aromatic N) is 3. The topological polar surface area (TPSA) is 49.6 Å². The van der Waals surface area contributed by atoms with E-state index in [2.05, 4.69) is 10.3 Å². The van der Waals surface area contributed by atoms with Gasteiger partial charge in [0, 0.05) is 18.9 Å². The Kier molecular flexibility index (Phi) is 4.81. The van der Waals surface area contributed by atoms with Crippen molar-refractivity contribution in [3.63, 3.8) is 0 Å². The lowest BCUT2D eigenvalue weighted by molar-refractivity contribution is 0.0937. The van der Waals surface area contributed by atoms with Crippen LogP contribution in [0.15, 0.2) is 48.8 Å². The number of halogens is 1. The second-order valence-electron chi connectivity index (χ2n) is 6.34. The van der Waals surface area contributed by atoms with E-state index in [1.165, 1.54) is 12.1 Å². The van der Waals surface area contributed by atoms with Crippen LogP contribution >= 0.6 is 0 Å². The summed E-state index contributed by atoms with van der Waals surface area (Å²) in [5, 5.41) is 2.90. The summed E-state index contributed by atoms with van der Waals surface area (Å²) in [6.07, 6.45) is 3.58. The first-order valence-corrected chi connectivity index (χ1v) is 8.09. The van der Waals surface area contributed by atoms with Crippen molar-refractivity contribution in [2.75, 3.05) is 20.6 Å². The Morgan fingerprint density at radius 2 is 2.12 bits per heavy atom. The highest BCUT2D eigenvalue weighted by Crippen LogP contribution is 2.18. The minimum atomic E-state index is -0.286. The van der Waals surface area contributed by atoms with E-state index in [1.54, 1.807) is 12.3 Å². The van der Waals surface area contributed by atoms with E-state index in [4.69, 9.17) is 0 Å². The van der Waals surface area contributed by atoms with Crippen LogP contribution in [-0.4, -0.2) is 40.8 Å². The number of aromatic nitrogens is 2. The highest BCUT2D eigenvalue weighted by atomic mass is 19.1. The molecular formula is C19H21FN4O. The van der Waals surface area contributed by atoms with E-state index in [-0.39, 0.29) is 17.8 Å². The average molecular weight is 340 g/mol. The number of carbonyl (C=O) groups is 1. The molecule has 1 atom stereocenters. The van der Waals surface area contributed by atoms with Gasteiger partial charge >= 0.3 is 0 Å². The molecule has 0 radical (unpaired) electrons. The summed E-state index contributed by atoms with van der Waals surface area (Å²) in [7, 11) is 3.80. The summed E-state index contributed by atoms with van der Waals surface area (Å²) in [5.41, 5.74) is 3.00. The molecule has 1 aromatic carbocycles. The van der Waals surface area contributed by atoms with Gasteiger partial charge in [-0.05, 0) is 56.4 Å². The van der Waals surface area contributed by atoms with E-state index in [0.717, 1.165) is 16.8 Å². The molecule has 0 unspecified atom stereocenters. The fourth-order valence-electron chi connectivity index (χ4n) is 2.79. The fraction of sp³-hybridized carbons (Fsp3) is 0.263. The first kappa shape index (κ1) is 17.1. The summed E-state index contributed by atoms with van der Waals surface area (Å²) in [6, 6.07) is 10.2. The molecule has 0 fully saturated rings. The van der Waals surface area contributed by atoms with Gasteiger partial charge in [-0.2, -0.15) is 0 Å². The van der Waals surface area contributed by atoms with E-state index in [1.807, 2.05) is 54.7 Å². The first-order chi connectivity index (χ1) is 11.9. The number of nitrogens with one attached hydrogen (secondary N) is 1. The Balaban J connectivity index is 1.74. The SMILES string of the molecule is Cc1ccn2cc(C(=O)NC[C@H](c3cccc(F)c3)N(C)C)nc2c1. The average Bonchev–Trinajstić information content (AvgIpc) is 2.97. The van der Waals surface area contributed by atoms with Crippen molar-refractivity contribution in [2.24, 2.45) is 0 Å². The zero-order valence-electron chi connectivity index (χ0n) is 14.5. The van der Waals surface area contributed by atoms with Crippen LogP contribution < -0.4 is 5.32 Å². The molecule has 2 aromatic heterocycles. The Labute approximate surface area is 146 Å². The van der Waals surface area contributed by atoms with Gasteiger partial charge in [0.2, 0.25) is 0 Å². The number of hydrogen-bond acceptors (Lipinski definition) is 3. The zero-order chi connectivity index (χ0) is 18.0. The maximum atomic E-state index is 13.5. The Morgan fingerprint density at radius 1 is 1.32 bits per heavy atom. The van der Waals surface area contributed by atoms with E-state index >= 15 is 0 Å². The molecule has 0 aliphatic heterocycles. The number of hydrogen-bond donors (Lipinski definition) is 1. The van der Waals surface area contributed by atoms with E-state index in [0.29, 0.717) is 12.2 Å². The fourth-order valence-corrected chi connectivity index (χ4v) is 2.79. The zero-order valence-corrected chi connectivity index (χ0v) is 14.5. The van der Waals surface area contributed by atoms with Crippen molar-refractivity contribution in [3.05, 3.63) is 71.4 Å². The van der Waals surface area contributed by atoms with Crippen LogP contribution in [0, 0.1) is 12.7 Å². The number of rotatable bonds is 5. The number of benzene rings is 1. The van der Waals surface area contributed by atoms with Crippen molar-refractivity contribution in [1.29, 1.82) is 0 Å². The van der Waals surface area contributed by atoms with Gasteiger partial charge < -0.3 is 14.6 Å². The summed E-state index contributed by atoms with van der Waals surface area (Å²) < 4.78 is 15.3. The van der Waals surface area contributed by atoms with Gasteiger partial charge in [0.25, 0.3) is 5.91 Å². The molecule has 0 saturated heterocycles. The summed E-state index contributed by atoms with van der Waals surface area (Å²) >= 11 is 0. The van der Waals surface area contributed by atoms with Crippen LogP contribution in [0.1, 0.15) is 27.7 Å². The molecule has 0 saturated carbocycles. The molecule has 25 heavy (non-hydrogen) atoms. The summed E-state index contributed by atoms with van der Waals surface area (Å²) in [5.74, 6) is -0.531. The highest BCUT2D eigenvalue weighted by molar-refractivity contribution is 5.92. The number of carbonyl (C=O) groups excluding carboxylic acids is 1. The third-order valence-electron chi connectivity index (χ3n) is 4.16. The normalized spacial score (nSPS) is 12.5. The third kappa shape index (κ3) is 3.85. The highest BCUT2D eigenvalue weighted by Gasteiger charge is 2.17. The molecule has 0 bridgehead atoms. The van der Waals surface area contributed by atoms with Gasteiger partial charge in [0.1, 0.15) is 17.2 Å². The Hall–Kier alpha value is -2.73. The number of fused-ring (bicyclic) bond motifs is 1. The molecule has 5 nitrogen and oxygen atoms in total. The van der Waals surface area contributed by atoms with Crippen molar-refractivity contribution >= 4 is 11.6 Å². The number of pyridine rings is 1. The van der Waals surface area contributed by atoms with Crippen LogP contribution in [0.25, 0.3) is 5.65 Å². The van der Waals surface area contributed by atoms with Crippen molar-refractivity contribution < 1.29 is 9.18 Å². The molecule has 3 aromatic rings. The van der Waals surface area contributed by atoms with Gasteiger partial charge in [-0.25, -0.2) is 9.37 Å². The largest absolute Gasteiger partial charge is 0.349 e. The van der Waals surface area contributed by atoms with Crippen LogP contribution in [0.4, 0.5) is 4.39 Å². The number of amides is 1. The molecule has 0 aliphatic carbocycles. The lowest BCUT2D eigenvalue weighted by atomic mass is 10.1. The Bertz CT molecular complexity index is 903. The number of aryl methyl sites for hydroxylation is 1. The smallest absolute Gasteiger partial charge is 0.271 e. The molecule has 1 amide bonds. The number of likely N-dealkylation sites (N-methyl/N-ethyl adjacent to an activating group) is 1. The molecule has 130 valence electrons. The summed E-state index contributed by atoms with van der Waals surface area (Å²) in [6.45, 7) is 2.34. The maximum absolute atomic E-state index is 13.5. The van der Waals surface area contributed by atoms with Gasteiger partial charge in [-0.3, -0.25) is 4.79 Å². The maximum Gasteiger partial charge on any atom is 0.271 e. The molecule has 0 aliphatic rings. The first-order valence-electron chi connectivity index (χ1n) is 8.09. The van der Waals surface area contributed by atoms with Gasteiger partial charge in [0.15, 0.2) is 0 Å². The van der Waals surface area contributed by atoms with Crippen molar-refractivity contribution in [1.82, 2.24) is 19.6 Å². The van der Waals surface area contributed by atoms with Gasteiger partial charge in [-0.15, -0.1) is 0 Å². The second kappa shape index (κ2) is 7.03. The standard InChI is InChI=1S/C19H21FN4O/c1-13-7-8-24-12-16(22-18(24)9-13)19(25)21-11-17(23(2)3)14-5-4-6-15(20)10-14/h4-10,12,17H,11H2,1-3H3,(H,21,25)/t17-/m1/s1. The second-order valence-corrected chi connectivity index (χ2v) is 6.34. The van der Waals surface area contributed by atoms with Crippen molar-refractivity contribution in [2.45, 2.75) is 13.0 Å². The summed E-state index contributed by atoms with van der Waals surface area (Å²) in [4.78, 5) is 18.8. The quantitative estimate of drug-likeness (QED) is 0.777. The van der Waals surface area contributed by atoms with Crippen molar-refractivity contribution in [3.8, 4) is 0 Å². The monoisotopic (exact) mass is 340 g/mol. The third-order valence-corrected chi connectivity index (χ3v) is 4.16. The van der Waals surface area contributed by atoms with Gasteiger partial charge in [-0.1, -0.05) is 12.1 Å². The van der Waals surface area contributed by atoms with Crippen LogP contribution in [0.5, 0.6) is 0 Å². The van der Waals surface area contributed by atoms with E-state index < -0.39 is 0 Å². The predicted molar refractivity (Wildman–Crippen MR) is 95.1 cm³/mol. The molecule has 1 N–H and O–H groups in total. The minimum absolute atomic E-state index is 0.126. The molecule has 2 heterocycles. The van der Waals surface area contributed by atoms with Crippen LogP contribution in [-0.2, 0) is 0 Å². The van der Waals surface area contributed by atoms with Gasteiger partial charge in [0.05, 0.1) is 6.04 Å².